The van der Waals surface area contributed by atoms with Crippen LogP contribution in [0.3, 0.4) is 0 Å². The van der Waals surface area contributed by atoms with Gasteiger partial charge in [-0.05, 0) is 12.5 Å². The zero-order chi connectivity index (χ0) is 14.8. The highest BCUT2D eigenvalue weighted by Crippen LogP contribution is 2.23. The SMILES string of the molecule is CS(=O)(=O)OCc1cc(C2CCC(=O)NC2=O)ncn1. The topological polar surface area (TPSA) is 115 Å². The van der Waals surface area contributed by atoms with Gasteiger partial charge in [0.05, 0.1) is 23.6 Å². The fraction of sp³-hybridized carbons (Fsp3) is 0.455. The van der Waals surface area contributed by atoms with Gasteiger partial charge in [0.15, 0.2) is 0 Å². The second-order valence-electron chi connectivity index (χ2n) is 4.40. The quantitative estimate of drug-likeness (QED) is 0.587. The lowest BCUT2D eigenvalue weighted by molar-refractivity contribution is -0.134. The van der Waals surface area contributed by atoms with Gasteiger partial charge in [-0.25, -0.2) is 9.97 Å². The largest absolute Gasteiger partial charge is 0.296 e. The Hall–Kier alpha value is -1.87. The molecule has 1 N–H and O–H groups in total. The van der Waals surface area contributed by atoms with E-state index in [2.05, 4.69) is 19.5 Å². The van der Waals surface area contributed by atoms with Crippen molar-refractivity contribution in [2.24, 2.45) is 0 Å². The fourth-order valence-electron chi connectivity index (χ4n) is 1.83. The standard InChI is InChI=1S/C11H13N3O5S/c1-20(17,18)19-5-7-4-9(13-6-12-7)8-2-3-10(15)14-11(8)16/h4,6,8H,2-3,5H2,1H3,(H,14,15,16). The summed E-state index contributed by atoms with van der Waals surface area (Å²) in [4.78, 5) is 30.7. The first-order valence-corrected chi connectivity index (χ1v) is 7.66. The molecule has 2 heterocycles. The van der Waals surface area contributed by atoms with Crippen molar-refractivity contribution in [1.29, 1.82) is 0 Å². The first-order chi connectivity index (χ1) is 9.35. The van der Waals surface area contributed by atoms with Gasteiger partial charge in [-0.2, -0.15) is 8.42 Å². The van der Waals surface area contributed by atoms with Crippen LogP contribution in [0.2, 0.25) is 0 Å². The predicted octanol–water partition coefficient (Wildman–Crippen LogP) is -0.527. The van der Waals surface area contributed by atoms with Gasteiger partial charge >= 0.3 is 0 Å². The molecule has 2 rings (SSSR count). The van der Waals surface area contributed by atoms with Gasteiger partial charge in [0.1, 0.15) is 12.9 Å². The van der Waals surface area contributed by atoms with Crippen LogP contribution in [0.15, 0.2) is 12.4 Å². The Morgan fingerprint density at radius 2 is 2.15 bits per heavy atom. The highest BCUT2D eigenvalue weighted by molar-refractivity contribution is 7.85. The number of carbonyl (C=O) groups excluding carboxylic acids is 2. The maximum atomic E-state index is 11.7. The number of hydrogen-bond donors (Lipinski definition) is 1. The Morgan fingerprint density at radius 1 is 1.40 bits per heavy atom. The Balaban J connectivity index is 2.13. The van der Waals surface area contributed by atoms with E-state index < -0.39 is 21.9 Å². The molecule has 1 saturated heterocycles. The molecule has 1 atom stereocenters. The number of nitrogens with zero attached hydrogens (tertiary/aromatic N) is 2. The fourth-order valence-corrected chi connectivity index (χ4v) is 2.16. The summed E-state index contributed by atoms with van der Waals surface area (Å²) >= 11 is 0. The lowest BCUT2D eigenvalue weighted by Gasteiger charge is -2.20. The molecule has 9 heteroatoms. The molecule has 1 aliphatic heterocycles. The minimum atomic E-state index is -3.56. The van der Waals surface area contributed by atoms with E-state index in [9.17, 15) is 18.0 Å². The average molecular weight is 299 g/mol. The van der Waals surface area contributed by atoms with Crippen molar-refractivity contribution < 1.29 is 22.2 Å². The summed E-state index contributed by atoms with van der Waals surface area (Å²) in [6, 6.07) is 1.51. The second kappa shape index (κ2) is 5.63. The van der Waals surface area contributed by atoms with Gasteiger partial charge < -0.3 is 0 Å². The van der Waals surface area contributed by atoms with Gasteiger partial charge in [-0.1, -0.05) is 0 Å². The van der Waals surface area contributed by atoms with Crippen molar-refractivity contribution >= 4 is 21.9 Å². The maximum absolute atomic E-state index is 11.7. The number of aromatic nitrogens is 2. The van der Waals surface area contributed by atoms with E-state index in [1.807, 2.05) is 0 Å². The van der Waals surface area contributed by atoms with E-state index in [1.54, 1.807) is 0 Å². The minimum absolute atomic E-state index is 0.221. The van der Waals surface area contributed by atoms with E-state index in [4.69, 9.17) is 0 Å². The van der Waals surface area contributed by atoms with Crippen molar-refractivity contribution in [3.63, 3.8) is 0 Å². The lowest BCUT2D eigenvalue weighted by atomic mass is 9.94. The molecule has 8 nitrogen and oxygen atoms in total. The van der Waals surface area contributed by atoms with Crippen molar-refractivity contribution in [2.45, 2.75) is 25.4 Å². The van der Waals surface area contributed by atoms with Gasteiger partial charge in [0, 0.05) is 6.42 Å². The van der Waals surface area contributed by atoms with E-state index >= 15 is 0 Å². The molecule has 1 fully saturated rings. The Labute approximate surface area is 115 Å². The highest BCUT2D eigenvalue weighted by atomic mass is 32.2. The van der Waals surface area contributed by atoms with Crippen molar-refractivity contribution in [3.05, 3.63) is 23.8 Å². The molecule has 0 aromatic carbocycles. The predicted molar refractivity (Wildman–Crippen MR) is 66.8 cm³/mol. The zero-order valence-corrected chi connectivity index (χ0v) is 11.5. The number of carbonyl (C=O) groups is 2. The van der Waals surface area contributed by atoms with Crippen LogP contribution in [0.4, 0.5) is 0 Å². The minimum Gasteiger partial charge on any atom is -0.296 e. The average Bonchev–Trinajstić information content (AvgIpc) is 2.36. The van der Waals surface area contributed by atoms with Crippen LogP contribution in [0, 0.1) is 0 Å². The van der Waals surface area contributed by atoms with Crippen molar-refractivity contribution in [2.75, 3.05) is 6.26 Å². The lowest BCUT2D eigenvalue weighted by Crippen LogP contribution is -2.39. The summed E-state index contributed by atoms with van der Waals surface area (Å²) in [7, 11) is -3.56. The molecular weight excluding hydrogens is 286 g/mol. The zero-order valence-electron chi connectivity index (χ0n) is 10.7. The number of amides is 2. The van der Waals surface area contributed by atoms with Gasteiger partial charge in [-0.3, -0.25) is 19.1 Å². The second-order valence-corrected chi connectivity index (χ2v) is 6.05. The number of piperidine rings is 1. The molecule has 1 aromatic rings. The molecule has 108 valence electrons. The summed E-state index contributed by atoms with van der Waals surface area (Å²) in [6.07, 6.45) is 2.79. The van der Waals surface area contributed by atoms with E-state index in [0.29, 0.717) is 17.8 Å². The third-order valence-corrected chi connectivity index (χ3v) is 3.31. The molecule has 0 saturated carbocycles. The van der Waals surface area contributed by atoms with Crippen LogP contribution in [0.1, 0.15) is 30.1 Å². The molecule has 20 heavy (non-hydrogen) atoms. The van der Waals surface area contributed by atoms with Gasteiger partial charge in [0.25, 0.3) is 10.1 Å². The van der Waals surface area contributed by atoms with Crippen molar-refractivity contribution in [1.82, 2.24) is 15.3 Å². The number of rotatable bonds is 4. The summed E-state index contributed by atoms with van der Waals surface area (Å²) in [6.45, 7) is -0.221. The molecular formula is C11H13N3O5S. The Bertz CT molecular complexity index is 643. The van der Waals surface area contributed by atoms with Crippen molar-refractivity contribution in [3.8, 4) is 0 Å². The molecule has 1 unspecified atom stereocenters. The van der Waals surface area contributed by atoms with Crippen LogP contribution in [0.5, 0.6) is 0 Å². The number of imide groups is 1. The van der Waals surface area contributed by atoms with Crippen LogP contribution < -0.4 is 5.32 Å². The molecule has 0 aliphatic carbocycles. The molecule has 1 aliphatic rings. The van der Waals surface area contributed by atoms with Crippen LogP contribution in [-0.4, -0.2) is 36.5 Å². The first-order valence-electron chi connectivity index (χ1n) is 5.84. The molecule has 0 radical (unpaired) electrons. The molecule has 0 spiro atoms. The van der Waals surface area contributed by atoms with Crippen LogP contribution in [0.25, 0.3) is 0 Å². The molecule has 2 amide bonds. The van der Waals surface area contributed by atoms with E-state index in [0.717, 1.165) is 6.26 Å². The molecule has 1 aromatic heterocycles. The summed E-state index contributed by atoms with van der Waals surface area (Å²) in [5, 5.41) is 2.24. The monoisotopic (exact) mass is 299 g/mol. The third-order valence-electron chi connectivity index (χ3n) is 2.76. The smallest absolute Gasteiger partial charge is 0.264 e. The summed E-state index contributed by atoms with van der Waals surface area (Å²) < 4.78 is 26.5. The Kier molecular flexibility index (Phi) is 4.09. The summed E-state index contributed by atoms with van der Waals surface area (Å²) in [5.41, 5.74) is 0.794. The maximum Gasteiger partial charge on any atom is 0.264 e. The van der Waals surface area contributed by atoms with Crippen LogP contribution in [-0.2, 0) is 30.5 Å². The van der Waals surface area contributed by atoms with Crippen LogP contribution >= 0.6 is 0 Å². The number of hydrogen-bond acceptors (Lipinski definition) is 7. The third kappa shape index (κ3) is 3.81. The normalized spacial score (nSPS) is 19.8. The summed E-state index contributed by atoms with van der Waals surface area (Å²) in [5.74, 6) is -1.25. The highest BCUT2D eigenvalue weighted by Gasteiger charge is 2.29. The number of nitrogens with one attached hydrogen (secondary N) is 1. The van der Waals surface area contributed by atoms with E-state index in [1.165, 1.54) is 12.4 Å². The van der Waals surface area contributed by atoms with Gasteiger partial charge in [-0.15, -0.1) is 0 Å². The first kappa shape index (κ1) is 14.5. The molecule has 0 bridgehead atoms. The Morgan fingerprint density at radius 3 is 2.80 bits per heavy atom. The van der Waals surface area contributed by atoms with Gasteiger partial charge in [0.2, 0.25) is 11.8 Å². The van der Waals surface area contributed by atoms with E-state index in [-0.39, 0.29) is 18.9 Å².